The fraction of sp³-hybridized carbons (Fsp3) is 0.250. The van der Waals surface area contributed by atoms with Gasteiger partial charge < -0.3 is 14.8 Å². The molecule has 2 fully saturated rings. The first kappa shape index (κ1) is 26.1. The fourth-order valence-electron chi connectivity index (χ4n) is 2.35. The first-order valence-corrected chi connectivity index (χ1v) is 8.76. The molecule has 3 rings (SSSR count). The molecule has 0 aliphatic heterocycles. The summed E-state index contributed by atoms with van der Waals surface area (Å²) in [6.07, 6.45) is 18.8. The number of aromatic nitrogens is 3. The molecule has 1 heterocycles. The normalized spacial score (nSPS) is 16.6. The number of amides is 1. The molecule has 9 nitrogen and oxygen atoms in total. The zero-order chi connectivity index (χ0) is 21.1. The van der Waals surface area contributed by atoms with Crippen molar-refractivity contribution in [2.45, 2.75) is 19.0 Å². The molecular weight excluding hydrogens is 432 g/mol. The van der Waals surface area contributed by atoms with Crippen LogP contribution in [0.15, 0.2) is 6.20 Å². The summed E-state index contributed by atoms with van der Waals surface area (Å²) in [5, 5.41) is 10.3. The van der Waals surface area contributed by atoms with Gasteiger partial charge >= 0.3 is 29.0 Å². The first-order chi connectivity index (χ1) is 14.0. The van der Waals surface area contributed by atoms with Crippen LogP contribution in [0.2, 0.25) is 0 Å². The zero-order valence-corrected chi connectivity index (χ0v) is 17.6. The molecule has 10 radical (unpaired) electrons. The van der Waals surface area contributed by atoms with Gasteiger partial charge in [0.25, 0.3) is 0 Å². The minimum atomic E-state index is -1.12. The molecule has 2 aliphatic rings. The van der Waals surface area contributed by atoms with Crippen LogP contribution in [0.4, 0.5) is 0 Å². The van der Waals surface area contributed by atoms with Gasteiger partial charge in [-0.05, 0) is 57.8 Å². The number of nitrogens with one attached hydrogen (secondary N) is 1. The average molecular weight is 454 g/mol. The Balaban J connectivity index is 0.000000655. The number of hydrogen-bond acceptors (Lipinski definition) is 7. The Morgan fingerprint density at radius 3 is 2.13 bits per heavy atom. The number of carbonyl (C=O) groups excluding carboxylic acids is 3. The van der Waals surface area contributed by atoms with Gasteiger partial charge in [-0.25, -0.2) is 9.48 Å². The number of nitrogens with zero attached hydrogens (tertiary/aromatic N) is 3. The van der Waals surface area contributed by atoms with Crippen LogP contribution in [0.1, 0.15) is 12.1 Å². The van der Waals surface area contributed by atoms with E-state index in [4.69, 9.17) is 0 Å². The second-order valence-electron chi connectivity index (χ2n) is 5.86. The smallest absolute Gasteiger partial charge is 0.469 e. The Morgan fingerprint density at radius 2 is 1.60 bits per heavy atom. The van der Waals surface area contributed by atoms with Crippen LogP contribution in [-0.4, -0.2) is 53.1 Å². The monoisotopic (exact) mass is 454 g/mol. The molecule has 1 amide bonds. The van der Waals surface area contributed by atoms with E-state index >= 15 is 0 Å². The van der Waals surface area contributed by atoms with E-state index in [1.54, 1.807) is 6.20 Å². The van der Waals surface area contributed by atoms with Gasteiger partial charge in [-0.1, -0.05) is 5.21 Å². The number of esters is 2. The zero-order valence-electron chi connectivity index (χ0n) is 16.5. The van der Waals surface area contributed by atoms with Gasteiger partial charge in [0.2, 0.25) is 5.91 Å². The number of rotatable bonds is 7. The Morgan fingerprint density at radius 1 is 1.00 bits per heavy atom. The molecule has 0 unspecified atom stereocenters. The van der Waals surface area contributed by atoms with Gasteiger partial charge in [-0.3, -0.25) is 9.59 Å². The predicted octanol–water partition coefficient (Wildman–Crippen LogP) is 0.271. The molecule has 1 atom stereocenters. The molecule has 30 heavy (non-hydrogen) atoms. The number of carbonyl (C=O) groups is 3. The molecule has 2 aliphatic carbocycles. The van der Waals surface area contributed by atoms with Gasteiger partial charge in [-0.2, -0.15) is 0 Å². The third kappa shape index (κ3) is 8.83. The fourth-order valence-corrected chi connectivity index (χ4v) is 2.35. The van der Waals surface area contributed by atoms with E-state index in [-0.39, 0.29) is 30.0 Å². The summed E-state index contributed by atoms with van der Waals surface area (Å²) < 4.78 is 10.4. The third-order valence-corrected chi connectivity index (χ3v) is 3.78. The van der Waals surface area contributed by atoms with Crippen molar-refractivity contribution in [1.29, 1.82) is 0 Å². The van der Waals surface area contributed by atoms with Crippen molar-refractivity contribution in [3.63, 3.8) is 0 Å². The van der Waals surface area contributed by atoms with Gasteiger partial charge in [0.05, 0.1) is 26.3 Å². The van der Waals surface area contributed by atoms with Crippen LogP contribution in [0.25, 0.3) is 0 Å². The van der Waals surface area contributed by atoms with E-state index in [9.17, 15) is 14.4 Å². The van der Waals surface area contributed by atoms with Crippen molar-refractivity contribution >= 4 is 17.8 Å². The Bertz CT molecular complexity index is 664. The maximum Gasteiger partial charge on any atom is 2.00 e. The van der Waals surface area contributed by atoms with Crippen LogP contribution in [-0.2, 0) is 47.5 Å². The minimum absolute atomic E-state index is 0. The molecule has 158 valence electrons. The third-order valence-electron chi connectivity index (χ3n) is 3.78. The van der Waals surface area contributed by atoms with Gasteiger partial charge in [0.15, 0.2) is 0 Å². The van der Waals surface area contributed by atoms with Crippen LogP contribution >= 0.6 is 0 Å². The first-order valence-electron chi connectivity index (χ1n) is 8.76. The van der Waals surface area contributed by atoms with E-state index in [1.165, 1.54) is 18.9 Å². The summed E-state index contributed by atoms with van der Waals surface area (Å²) in [4.78, 5) is 35.0. The van der Waals surface area contributed by atoms with E-state index < -0.39 is 23.9 Å². The van der Waals surface area contributed by atoms with Crippen molar-refractivity contribution < 1.29 is 40.9 Å². The SMILES string of the molecule is COC(=O)C[C@H](NC(=O)Cn1cc([C]2[CH][CH][CH][CH]2)nn1)C(=O)OC.[CH]1[CH][CH][CH][CH]1.[Fe+2]. The van der Waals surface area contributed by atoms with Gasteiger partial charge in [0, 0.05) is 12.1 Å². The summed E-state index contributed by atoms with van der Waals surface area (Å²) in [5.41, 5.74) is 0.631. The van der Waals surface area contributed by atoms with Crippen LogP contribution in [0.5, 0.6) is 0 Å². The molecule has 1 N–H and O–H groups in total. The van der Waals surface area contributed by atoms with Gasteiger partial charge in [-0.15, -0.1) is 5.10 Å². The number of ether oxygens (including phenoxy) is 2. The second-order valence-corrected chi connectivity index (χ2v) is 5.86. The van der Waals surface area contributed by atoms with Crippen molar-refractivity contribution in [3.05, 3.63) is 75.6 Å². The molecule has 1 aromatic heterocycles. The maximum atomic E-state index is 12.0. The van der Waals surface area contributed by atoms with Crippen LogP contribution in [0, 0.1) is 63.7 Å². The number of hydrogen-bond donors (Lipinski definition) is 1. The molecule has 10 heteroatoms. The molecule has 0 bridgehead atoms. The Hall–Kier alpha value is -1.93. The maximum absolute atomic E-state index is 12.0. The van der Waals surface area contributed by atoms with E-state index in [2.05, 4.69) is 25.1 Å². The minimum Gasteiger partial charge on any atom is -0.469 e. The molecular formula is C20H22FeN4O5+2. The quantitative estimate of drug-likeness (QED) is 0.465. The van der Waals surface area contributed by atoms with Crippen molar-refractivity contribution in [2.24, 2.45) is 0 Å². The summed E-state index contributed by atoms with van der Waals surface area (Å²) in [6.45, 7) is -0.150. The summed E-state index contributed by atoms with van der Waals surface area (Å²) >= 11 is 0. The average Bonchev–Trinajstić information content (AvgIpc) is 3.50. The molecule has 0 aromatic carbocycles. The summed E-state index contributed by atoms with van der Waals surface area (Å²) in [6, 6.07) is -1.12. The molecule has 2 saturated carbocycles. The largest absolute Gasteiger partial charge is 2.00 e. The van der Waals surface area contributed by atoms with Crippen LogP contribution < -0.4 is 5.32 Å². The van der Waals surface area contributed by atoms with Crippen molar-refractivity contribution in [2.75, 3.05) is 14.2 Å². The standard InChI is InChI=1S/C15H17N4O5.C5H5.Fe/c1-23-14(21)7-11(15(22)24-2)16-13(20)9-19-8-12(17-18-19)10-5-3-4-6-10;1-2-4-5-3-1;/h3-6,8,11H,7,9H2,1-2H3,(H,16,20);1-5H;/q;;+2/t11-;;/m0../s1. The van der Waals surface area contributed by atoms with Crippen molar-refractivity contribution in [3.8, 4) is 0 Å². The molecule has 1 aromatic rings. The van der Waals surface area contributed by atoms with E-state index in [1.807, 2.05) is 57.8 Å². The second kappa shape index (κ2) is 14.1. The molecule has 0 spiro atoms. The van der Waals surface area contributed by atoms with Crippen molar-refractivity contribution in [1.82, 2.24) is 20.3 Å². The predicted molar refractivity (Wildman–Crippen MR) is 102 cm³/mol. The van der Waals surface area contributed by atoms with E-state index in [0.29, 0.717) is 5.69 Å². The van der Waals surface area contributed by atoms with Crippen LogP contribution in [0.3, 0.4) is 0 Å². The summed E-state index contributed by atoms with van der Waals surface area (Å²) in [7, 11) is 2.36. The Kier molecular flexibility index (Phi) is 12.3. The summed E-state index contributed by atoms with van der Waals surface area (Å²) in [5.74, 6) is -0.984. The topological polar surface area (TPSA) is 112 Å². The number of methoxy groups -OCH3 is 2. The molecule has 0 saturated heterocycles. The van der Waals surface area contributed by atoms with E-state index in [0.717, 1.165) is 5.92 Å². The Labute approximate surface area is 188 Å². The van der Waals surface area contributed by atoms with Gasteiger partial charge in [0.1, 0.15) is 12.6 Å².